The van der Waals surface area contributed by atoms with Crippen molar-refractivity contribution in [1.82, 2.24) is 5.43 Å². The van der Waals surface area contributed by atoms with Crippen LogP contribution in [0, 0.1) is 0 Å². The molecule has 1 atom stereocenters. The van der Waals surface area contributed by atoms with E-state index in [2.05, 4.69) is 29.0 Å². The zero-order valence-corrected chi connectivity index (χ0v) is 12.0. The predicted molar refractivity (Wildman–Crippen MR) is 80.3 cm³/mol. The van der Waals surface area contributed by atoms with Crippen LogP contribution in [0.5, 0.6) is 5.75 Å². The molecule has 1 heterocycles. The standard InChI is InChI=1S/C15H20N2OS/c1-18-13-6-2-5-12(11-13)15(17-16)9-3-7-14-8-4-10-19-14/h2,4-6,8,10-11,15,17H,3,7,9,16H2,1H3. The Morgan fingerprint density at radius 3 is 2.89 bits per heavy atom. The van der Waals surface area contributed by atoms with Gasteiger partial charge in [0.1, 0.15) is 5.75 Å². The molecule has 0 bridgehead atoms. The maximum Gasteiger partial charge on any atom is 0.119 e. The summed E-state index contributed by atoms with van der Waals surface area (Å²) in [5.74, 6) is 6.54. The molecule has 0 aliphatic rings. The molecule has 2 rings (SSSR count). The topological polar surface area (TPSA) is 47.3 Å². The number of hydrazine groups is 1. The molecule has 3 nitrogen and oxygen atoms in total. The summed E-state index contributed by atoms with van der Waals surface area (Å²) < 4.78 is 5.25. The van der Waals surface area contributed by atoms with E-state index in [0.29, 0.717) is 0 Å². The molecule has 2 aromatic rings. The van der Waals surface area contributed by atoms with E-state index in [0.717, 1.165) is 25.0 Å². The van der Waals surface area contributed by atoms with Gasteiger partial charge in [-0.05, 0) is 48.4 Å². The highest BCUT2D eigenvalue weighted by Gasteiger charge is 2.10. The van der Waals surface area contributed by atoms with Crippen LogP contribution in [0.15, 0.2) is 41.8 Å². The highest BCUT2D eigenvalue weighted by Crippen LogP contribution is 2.23. The van der Waals surface area contributed by atoms with Crippen LogP contribution in [0.3, 0.4) is 0 Å². The lowest BCUT2D eigenvalue weighted by molar-refractivity contribution is 0.412. The van der Waals surface area contributed by atoms with Crippen LogP contribution < -0.4 is 16.0 Å². The van der Waals surface area contributed by atoms with Gasteiger partial charge in [0.05, 0.1) is 7.11 Å². The first-order valence-electron chi connectivity index (χ1n) is 6.46. The molecule has 0 amide bonds. The van der Waals surface area contributed by atoms with Crippen LogP contribution >= 0.6 is 11.3 Å². The zero-order chi connectivity index (χ0) is 13.5. The van der Waals surface area contributed by atoms with Gasteiger partial charge in [-0.2, -0.15) is 0 Å². The summed E-state index contributed by atoms with van der Waals surface area (Å²) in [6.45, 7) is 0. The first-order chi connectivity index (χ1) is 9.33. The Morgan fingerprint density at radius 1 is 1.32 bits per heavy atom. The smallest absolute Gasteiger partial charge is 0.119 e. The Hall–Kier alpha value is -1.36. The number of thiophene rings is 1. The van der Waals surface area contributed by atoms with E-state index in [-0.39, 0.29) is 6.04 Å². The number of aryl methyl sites for hydroxylation is 1. The Labute approximate surface area is 118 Å². The number of nitrogens with two attached hydrogens (primary N) is 1. The van der Waals surface area contributed by atoms with Crippen LogP contribution in [0.4, 0.5) is 0 Å². The third-order valence-corrected chi connectivity index (χ3v) is 4.13. The Kier molecular flexibility index (Phi) is 5.39. The van der Waals surface area contributed by atoms with Crippen molar-refractivity contribution < 1.29 is 4.74 Å². The van der Waals surface area contributed by atoms with Crippen molar-refractivity contribution >= 4 is 11.3 Å². The van der Waals surface area contributed by atoms with Crippen molar-refractivity contribution in [3.8, 4) is 5.75 Å². The molecule has 0 aliphatic carbocycles. The quantitative estimate of drug-likeness (QED) is 0.602. The largest absolute Gasteiger partial charge is 0.497 e. The third kappa shape index (κ3) is 4.06. The summed E-state index contributed by atoms with van der Waals surface area (Å²) in [6, 6.07) is 12.5. The van der Waals surface area contributed by atoms with E-state index in [1.54, 1.807) is 7.11 Å². The van der Waals surface area contributed by atoms with Gasteiger partial charge in [0, 0.05) is 10.9 Å². The van der Waals surface area contributed by atoms with E-state index in [1.165, 1.54) is 10.4 Å². The van der Waals surface area contributed by atoms with Crippen LogP contribution in [0.2, 0.25) is 0 Å². The fourth-order valence-electron chi connectivity index (χ4n) is 2.14. The van der Waals surface area contributed by atoms with E-state index in [1.807, 2.05) is 29.5 Å². The highest BCUT2D eigenvalue weighted by molar-refractivity contribution is 7.09. The first kappa shape index (κ1) is 14.1. The van der Waals surface area contributed by atoms with Gasteiger partial charge < -0.3 is 4.74 Å². The zero-order valence-electron chi connectivity index (χ0n) is 11.1. The molecular weight excluding hydrogens is 256 g/mol. The fraction of sp³-hybridized carbons (Fsp3) is 0.333. The van der Waals surface area contributed by atoms with Crippen LogP contribution in [-0.4, -0.2) is 7.11 Å². The molecule has 0 spiro atoms. The molecule has 1 aromatic carbocycles. The summed E-state index contributed by atoms with van der Waals surface area (Å²) in [7, 11) is 1.68. The lowest BCUT2D eigenvalue weighted by atomic mass is 10.0. The number of nitrogens with one attached hydrogen (secondary N) is 1. The number of methoxy groups -OCH3 is 1. The Balaban J connectivity index is 1.91. The van der Waals surface area contributed by atoms with Crippen molar-refractivity contribution in [3.05, 3.63) is 52.2 Å². The molecule has 0 saturated carbocycles. The van der Waals surface area contributed by atoms with E-state index in [9.17, 15) is 0 Å². The summed E-state index contributed by atoms with van der Waals surface area (Å²) in [5, 5.41) is 2.12. The maximum absolute atomic E-state index is 5.67. The summed E-state index contributed by atoms with van der Waals surface area (Å²) in [5.41, 5.74) is 4.07. The molecule has 102 valence electrons. The number of ether oxygens (including phenoxy) is 1. The summed E-state index contributed by atoms with van der Waals surface area (Å²) >= 11 is 1.81. The second kappa shape index (κ2) is 7.28. The minimum atomic E-state index is 0.176. The van der Waals surface area contributed by atoms with Gasteiger partial charge in [0.25, 0.3) is 0 Å². The van der Waals surface area contributed by atoms with Crippen LogP contribution in [0.25, 0.3) is 0 Å². The molecule has 3 N–H and O–H groups in total. The summed E-state index contributed by atoms with van der Waals surface area (Å²) in [4.78, 5) is 1.43. The Morgan fingerprint density at radius 2 is 2.21 bits per heavy atom. The lowest BCUT2D eigenvalue weighted by Crippen LogP contribution is -2.28. The monoisotopic (exact) mass is 276 g/mol. The van der Waals surface area contributed by atoms with E-state index in [4.69, 9.17) is 10.6 Å². The molecule has 0 radical (unpaired) electrons. The van der Waals surface area contributed by atoms with Crippen molar-refractivity contribution in [2.45, 2.75) is 25.3 Å². The van der Waals surface area contributed by atoms with Gasteiger partial charge in [-0.25, -0.2) is 0 Å². The minimum Gasteiger partial charge on any atom is -0.497 e. The van der Waals surface area contributed by atoms with Gasteiger partial charge >= 0.3 is 0 Å². The second-order valence-electron chi connectivity index (χ2n) is 4.47. The van der Waals surface area contributed by atoms with E-state index >= 15 is 0 Å². The number of hydrogen-bond donors (Lipinski definition) is 2. The van der Waals surface area contributed by atoms with Gasteiger partial charge in [-0.3, -0.25) is 11.3 Å². The van der Waals surface area contributed by atoms with Gasteiger partial charge in [-0.1, -0.05) is 18.2 Å². The lowest BCUT2D eigenvalue weighted by Gasteiger charge is -2.16. The molecule has 1 aromatic heterocycles. The Bertz CT molecular complexity index is 485. The van der Waals surface area contributed by atoms with Crippen molar-refractivity contribution in [2.75, 3.05) is 7.11 Å². The van der Waals surface area contributed by atoms with Crippen molar-refractivity contribution in [1.29, 1.82) is 0 Å². The molecular formula is C15H20N2OS. The van der Waals surface area contributed by atoms with E-state index < -0.39 is 0 Å². The molecule has 1 unspecified atom stereocenters. The number of hydrogen-bond acceptors (Lipinski definition) is 4. The van der Waals surface area contributed by atoms with Gasteiger partial charge in [0.2, 0.25) is 0 Å². The van der Waals surface area contributed by atoms with Crippen LogP contribution in [-0.2, 0) is 6.42 Å². The molecule has 19 heavy (non-hydrogen) atoms. The molecule has 0 fully saturated rings. The number of rotatable bonds is 7. The van der Waals surface area contributed by atoms with Crippen LogP contribution in [0.1, 0.15) is 29.3 Å². The molecule has 4 heteroatoms. The third-order valence-electron chi connectivity index (χ3n) is 3.19. The highest BCUT2D eigenvalue weighted by atomic mass is 32.1. The SMILES string of the molecule is COc1cccc(C(CCCc2cccs2)NN)c1. The normalized spacial score (nSPS) is 12.3. The number of benzene rings is 1. The minimum absolute atomic E-state index is 0.176. The van der Waals surface area contributed by atoms with Crippen molar-refractivity contribution in [2.24, 2.45) is 5.84 Å². The summed E-state index contributed by atoms with van der Waals surface area (Å²) in [6.07, 6.45) is 3.24. The average molecular weight is 276 g/mol. The molecule has 0 saturated heterocycles. The maximum atomic E-state index is 5.67. The predicted octanol–water partition coefficient (Wildman–Crippen LogP) is 3.28. The second-order valence-corrected chi connectivity index (χ2v) is 5.50. The van der Waals surface area contributed by atoms with Gasteiger partial charge in [0.15, 0.2) is 0 Å². The van der Waals surface area contributed by atoms with Crippen molar-refractivity contribution in [3.63, 3.8) is 0 Å². The average Bonchev–Trinajstić information content (AvgIpc) is 2.97. The first-order valence-corrected chi connectivity index (χ1v) is 7.34. The van der Waals surface area contributed by atoms with Gasteiger partial charge in [-0.15, -0.1) is 11.3 Å². The molecule has 0 aliphatic heterocycles. The fourth-order valence-corrected chi connectivity index (χ4v) is 2.89.